The Morgan fingerprint density at radius 1 is 1.19 bits per heavy atom. The van der Waals surface area contributed by atoms with Gasteiger partial charge in [0.2, 0.25) is 0 Å². The Bertz CT molecular complexity index is 365. The van der Waals surface area contributed by atoms with Crippen LogP contribution in [0.2, 0.25) is 0 Å². The molecule has 1 N–H and O–H groups in total. The van der Waals surface area contributed by atoms with Gasteiger partial charge in [-0.15, -0.1) is 0 Å². The number of nitrogens with one attached hydrogen (secondary N) is 1. The first-order chi connectivity index (χ1) is 9.89. The number of ether oxygens (including phenoxy) is 1. The highest BCUT2D eigenvalue weighted by molar-refractivity contribution is 5.03. The van der Waals surface area contributed by atoms with Crippen molar-refractivity contribution in [3.63, 3.8) is 0 Å². The Hall–Kier alpha value is -0.0800. The van der Waals surface area contributed by atoms with Gasteiger partial charge in [0, 0.05) is 6.54 Å². The number of hydrogen-bond acceptors (Lipinski definition) is 2. The predicted molar refractivity (Wildman–Crippen MR) is 88.4 cm³/mol. The van der Waals surface area contributed by atoms with Gasteiger partial charge in [-0.2, -0.15) is 0 Å². The van der Waals surface area contributed by atoms with Crippen molar-refractivity contribution in [2.75, 3.05) is 13.1 Å². The third kappa shape index (κ3) is 3.47. The normalized spacial score (nSPS) is 41.3. The first-order valence-electron chi connectivity index (χ1n) is 9.27. The van der Waals surface area contributed by atoms with E-state index in [9.17, 15) is 0 Å². The smallest absolute Gasteiger partial charge is 0.0631 e. The molecule has 0 spiro atoms. The Morgan fingerprint density at radius 2 is 2.00 bits per heavy atom. The standard InChI is InChI=1S/C19H35NO/c1-14(2)12-20-13-19(10-15-5-6-16(19)9-15)11-17-7-8-18(3,4)21-17/h14-17,20H,5-13H2,1-4H3. The zero-order valence-corrected chi connectivity index (χ0v) is 14.6. The summed E-state index contributed by atoms with van der Waals surface area (Å²) >= 11 is 0. The molecule has 0 aromatic carbocycles. The lowest BCUT2D eigenvalue weighted by atomic mass is 9.69. The number of rotatable bonds is 6. The third-order valence-corrected chi connectivity index (χ3v) is 6.32. The average molecular weight is 293 g/mol. The molecule has 122 valence electrons. The molecular weight excluding hydrogens is 258 g/mol. The van der Waals surface area contributed by atoms with Crippen LogP contribution in [0.3, 0.4) is 0 Å². The van der Waals surface area contributed by atoms with Crippen molar-refractivity contribution < 1.29 is 4.74 Å². The Labute approximate surface area is 131 Å². The van der Waals surface area contributed by atoms with E-state index in [0.717, 1.165) is 24.3 Å². The largest absolute Gasteiger partial charge is 0.372 e. The van der Waals surface area contributed by atoms with Crippen LogP contribution in [0.4, 0.5) is 0 Å². The first kappa shape index (κ1) is 15.8. The zero-order chi connectivity index (χ0) is 15.1. The molecule has 2 nitrogen and oxygen atoms in total. The van der Waals surface area contributed by atoms with Crippen molar-refractivity contribution in [2.24, 2.45) is 23.2 Å². The van der Waals surface area contributed by atoms with Gasteiger partial charge in [0.05, 0.1) is 11.7 Å². The van der Waals surface area contributed by atoms with Crippen molar-refractivity contribution in [3.05, 3.63) is 0 Å². The van der Waals surface area contributed by atoms with E-state index in [4.69, 9.17) is 4.74 Å². The Morgan fingerprint density at radius 3 is 2.52 bits per heavy atom. The molecule has 3 fully saturated rings. The van der Waals surface area contributed by atoms with Gasteiger partial charge < -0.3 is 10.1 Å². The minimum absolute atomic E-state index is 0.120. The maximum Gasteiger partial charge on any atom is 0.0631 e. The average Bonchev–Trinajstić information content (AvgIpc) is 3.03. The van der Waals surface area contributed by atoms with Crippen LogP contribution in [-0.2, 0) is 4.74 Å². The van der Waals surface area contributed by atoms with Gasteiger partial charge in [-0.25, -0.2) is 0 Å². The SMILES string of the molecule is CC(C)CNCC1(CC2CCC(C)(C)O2)CC2CCC1C2. The number of hydrogen-bond donors (Lipinski definition) is 1. The molecular formula is C19H35NO. The summed E-state index contributed by atoms with van der Waals surface area (Å²) < 4.78 is 6.34. The quantitative estimate of drug-likeness (QED) is 0.784. The highest BCUT2D eigenvalue weighted by Crippen LogP contribution is 2.58. The molecule has 0 aromatic heterocycles. The van der Waals surface area contributed by atoms with Gasteiger partial charge in [-0.3, -0.25) is 0 Å². The minimum atomic E-state index is 0.120. The van der Waals surface area contributed by atoms with Gasteiger partial charge in [0.15, 0.2) is 0 Å². The maximum absolute atomic E-state index is 6.34. The summed E-state index contributed by atoms with van der Waals surface area (Å²) in [5, 5.41) is 3.79. The van der Waals surface area contributed by atoms with Gasteiger partial charge >= 0.3 is 0 Å². The van der Waals surface area contributed by atoms with E-state index >= 15 is 0 Å². The topological polar surface area (TPSA) is 21.3 Å². The second kappa shape index (κ2) is 5.85. The van der Waals surface area contributed by atoms with Crippen LogP contribution in [0.5, 0.6) is 0 Å². The molecule has 2 bridgehead atoms. The fourth-order valence-corrected chi connectivity index (χ4v) is 5.38. The van der Waals surface area contributed by atoms with Crippen LogP contribution in [0.1, 0.15) is 72.6 Å². The fraction of sp³-hybridized carbons (Fsp3) is 1.00. The van der Waals surface area contributed by atoms with Crippen molar-refractivity contribution in [3.8, 4) is 0 Å². The summed E-state index contributed by atoms with van der Waals surface area (Å²) in [6, 6.07) is 0. The van der Waals surface area contributed by atoms with Crippen molar-refractivity contribution in [2.45, 2.75) is 84.3 Å². The van der Waals surface area contributed by atoms with Gasteiger partial charge in [0.1, 0.15) is 0 Å². The van der Waals surface area contributed by atoms with E-state index in [0.29, 0.717) is 11.5 Å². The monoisotopic (exact) mass is 293 g/mol. The van der Waals surface area contributed by atoms with Gasteiger partial charge in [0.25, 0.3) is 0 Å². The van der Waals surface area contributed by atoms with E-state index in [-0.39, 0.29) is 5.60 Å². The molecule has 0 radical (unpaired) electrons. The van der Waals surface area contributed by atoms with Crippen molar-refractivity contribution in [1.82, 2.24) is 5.32 Å². The molecule has 3 aliphatic rings. The lowest BCUT2D eigenvalue weighted by Gasteiger charge is -2.40. The predicted octanol–water partition coefficient (Wildman–Crippen LogP) is 4.39. The van der Waals surface area contributed by atoms with E-state index in [2.05, 4.69) is 33.0 Å². The van der Waals surface area contributed by atoms with E-state index in [1.165, 1.54) is 51.5 Å². The molecule has 2 heteroatoms. The number of fused-ring (bicyclic) bond motifs is 2. The van der Waals surface area contributed by atoms with E-state index in [1.54, 1.807) is 0 Å². The molecule has 2 saturated carbocycles. The lowest BCUT2D eigenvalue weighted by Crippen LogP contribution is -2.42. The molecule has 0 aromatic rings. The van der Waals surface area contributed by atoms with Crippen LogP contribution in [0, 0.1) is 23.2 Å². The molecule has 1 saturated heterocycles. The van der Waals surface area contributed by atoms with Crippen LogP contribution in [-0.4, -0.2) is 24.8 Å². The molecule has 21 heavy (non-hydrogen) atoms. The Balaban J connectivity index is 1.63. The highest BCUT2D eigenvalue weighted by atomic mass is 16.5. The first-order valence-corrected chi connectivity index (χ1v) is 9.27. The zero-order valence-electron chi connectivity index (χ0n) is 14.6. The fourth-order valence-electron chi connectivity index (χ4n) is 5.38. The third-order valence-electron chi connectivity index (χ3n) is 6.32. The summed E-state index contributed by atoms with van der Waals surface area (Å²) in [4.78, 5) is 0. The summed E-state index contributed by atoms with van der Waals surface area (Å²) in [6.07, 6.45) is 10.3. The lowest BCUT2D eigenvalue weighted by molar-refractivity contribution is -0.0442. The molecule has 4 atom stereocenters. The second-order valence-corrected chi connectivity index (χ2v) is 9.21. The van der Waals surface area contributed by atoms with Crippen LogP contribution in [0.15, 0.2) is 0 Å². The summed E-state index contributed by atoms with van der Waals surface area (Å²) in [7, 11) is 0. The van der Waals surface area contributed by atoms with Gasteiger partial charge in [-0.05, 0) is 82.1 Å². The summed E-state index contributed by atoms with van der Waals surface area (Å²) in [5.74, 6) is 2.74. The molecule has 1 aliphatic heterocycles. The second-order valence-electron chi connectivity index (χ2n) is 9.21. The highest BCUT2D eigenvalue weighted by Gasteiger charge is 2.52. The van der Waals surface area contributed by atoms with E-state index < -0.39 is 0 Å². The molecule has 1 heterocycles. The minimum Gasteiger partial charge on any atom is -0.372 e. The van der Waals surface area contributed by atoms with Crippen LogP contribution in [0.25, 0.3) is 0 Å². The molecule has 3 rings (SSSR count). The summed E-state index contributed by atoms with van der Waals surface area (Å²) in [5.41, 5.74) is 0.664. The maximum atomic E-state index is 6.34. The molecule has 0 amide bonds. The Kier molecular flexibility index (Phi) is 4.40. The van der Waals surface area contributed by atoms with Crippen LogP contribution < -0.4 is 5.32 Å². The molecule has 2 aliphatic carbocycles. The van der Waals surface area contributed by atoms with E-state index in [1.807, 2.05) is 0 Å². The van der Waals surface area contributed by atoms with Gasteiger partial charge in [-0.1, -0.05) is 20.3 Å². The van der Waals surface area contributed by atoms with Crippen molar-refractivity contribution >= 4 is 0 Å². The summed E-state index contributed by atoms with van der Waals surface area (Å²) in [6.45, 7) is 11.5. The van der Waals surface area contributed by atoms with Crippen molar-refractivity contribution in [1.29, 1.82) is 0 Å². The molecule has 4 unspecified atom stereocenters. The van der Waals surface area contributed by atoms with Crippen LogP contribution >= 0.6 is 0 Å².